The molecule has 0 aliphatic heterocycles. The van der Waals surface area contributed by atoms with Gasteiger partial charge in [0.25, 0.3) is 0 Å². The van der Waals surface area contributed by atoms with Crippen molar-refractivity contribution in [1.82, 2.24) is 9.88 Å². The van der Waals surface area contributed by atoms with Gasteiger partial charge in [-0.05, 0) is 18.6 Å². The maximum Gasteiger partial charge on any atom is 0.360 e. The molecule has 0 atom stereocenters. The van der Waals surface area contributed by atoms with Gasteiger partial charge in [0, 0.05) is 25.9 Å². The maximum absolute atomic E-state index is 12.5. The summed E-state index contributed by atoms with van der Waals surface area (Å²) in [6.45, 7) is 1.09. The number of rotatable bonds is 8. The quantitative estimate of drug-likeness (QED) is 0.582. The molecule has 0 unspecified atom stereocenters. The van der Waals surface area contributed by atoms with Crippen LogP contribution in [-0.4, -0.2) is 49.3 Å². The average molecular weight is 347 g/mol. The lowest BCUT2D eigenvalue weighted by molar-refractivity contribution is 0.0594. The van der Waals surface area contributed by atoms with E-state index in [0.29, 0.717) is 25.3 Å². The van der Waals surface area contributed by atoms with Gasteiger partial charge in [0.1, 0.15) is 6.26 Å². The Hall–Kier alpha value is -2.87. The second kappa shape index (κ2) is 9.43. The minimum atomic E-state index is -0.588. The van der Waals surface area contributed by atoms with Crippen LogP contribution in [0.1, 0.15) is 22.8 Å². The Morgan fingerprint density at radius 3 is 2.68 bits per heavy atom. The van der Waals surface area contributed by atoms with Crippen LogP contribution in [0.15, 0.2) is 41.0 Å². The number of methoxy groups -OCH3 is 2. The van der Waals surface area contributed by atoms with Crippen LogP contribution < -0.4 is 5.32 Å². The van der Waals surface area contributed by atoms with E-state index in [1.165, 1.54) is 13.4 Å². The molecule has 0 aliphatic carbocycles. The predicted molar refractivity (Wildman–Crippen MR) is 90.2 cm³/mol. The fraction of sp³-hybridized carbons (Fsp3) is 0.353. The summed E-state index contributed by atoms with van der Waals surface area (Å²) < 4.78 is 14.9. The Balaban J connectivity index is 2.05. The first-order valence-electron chi connectivity index (χ1n) is 7.76. The van der Waals surface area contributed by atoms with Gasteiger partial charge in [0.05, 0.1) is 13.7 Å². The highest BCUT2D eigenvalue weighted by atomic mass is 16.5. The van der Waals surface area contributed by atoms with Gasteiger partial charge in [-0.25, -0.2) is 14.6 Å². The van der Waals surface area contributed by atoms with E-state index in [9.17, 15) is 9.59 Å². The number of aromatic nitrogens is 1. The Bertz CT molecular complexity index is 687. The minimum absolute atomic E-state index is 0.0674. The number of nitrogens with zero attached hydrogens (tertiary/aromatic N) is 2. The van der Waals surface area contributed by atoms with Gasteiger partial charge in [-0.1, -0.05) is 18.2 Å². The molecule has 0 spiro atoms. The summed E-state index contributed by atoms with van der Waals surface area (Å²) in [5.41, 5.74) is 0.754. The highest BCUT2D eigenvalue weighted by Crippen LogP contribution is 2.11. The monoisotopic (exact) mass is 347 g/mol. The smallest absolute Gasteiger partial charge is 0.360 e. The first kappa shape index (κ1) is 18.5. The number of amides is 2. The third-order valence-corrected chi connectivity index (χ3v) is 3.36. The molecule has 1 heterocycles. The van der Waals surface area contributed by atoms with Crippen LogP contribution in [0.4, 0.5) is 10.5 Å². The predicted octanol–water partition coefficient (Wildman–Crippen LogP) is 2.53. The highest BCUT2D eigenvalue weighted by Gasteiger charge is 2.19. The number of nitrogens with one attached hydrogen (secondary N) is 1. The maximum atomic E-state index is 12.5. The molecule has 8 nitrogen and oxygen atoms in total. The molecule has 1 aromatic heterocycles. The number of esters is 1. The molecule has 0 radical (unpaired) electrons. The van der Waals surface area contributed by atoms with Crippen LogP contribution in [0.5, 0.6) is 0 Å². The molecular formula is C17H21N3O5. The molecule has 0 saturated heterocycles. The van der Waals surface area contributed by atoms with Crippen LogP contribution in [-0.2, 0) is 16.0 Å². The molecule has 1 aromatic carbocycles. The van der Waals surface area contributed by atoms with Crippen molar-refractivity contribution >= 4 is 17.7 Å². The van der Waals surface area contributed by atoms with Gasteiger partial charge in [-0.15, -0.1) is 0 Å². The molecule has 2 rings (SSSR count). The zero-order chi connectivity index (χ0) is 18.1. The van der Waals surface area contributed by atoms with Gasteiger partial charge in [0.2, 0.25) is 5.89 Å². The Kier molecular flexibility index (Phi) is 6.97. The zero-order valence-corrected chi connectivity index (χ0v) is 14.2. The second-order valence-corrected chi connectivity index (χ2v) is 5.18. The van der Waals surface area contributed by atoms with Crippen molar-refractivity contribution in [3.8, 4) is 0 Å². The number of hydrogen-bond acceptors (Lipinski definition) is 6. The summed E-state index contributed by atoms with van der Waals surface area (Å²) in [5, 5.41) is 2.82. The van der Waals surface area contributed by atoms with E-state index in [1.807, 2.05) is 18.2 Å². The summed E-state index contributed by atoms with van der Waals surface area (Å²) in [4.78, 5) is 29.6. The molecule has 0 bridgehead atoms. The fourth-order valence-electron chi connectivity index (χ4n) is 2.12. The lowest BCUT2D eigenvalue weighted by atomic mass is 10.3. The van der Waals surface area contributed by atoms with E-state index in [0.717, 1.165) is 0 Å². The number of oxazole rings is 1. The van der Waals surface area contributed by atoms with Crippen molar-refractivity contribution in [2.75, 3.05) is 32.7 Å². The zero-order valence-electron chi connectivity index (χ0n) is 14.2. The van der Waals surface area contributed by atoms with E-state index in [1.54, 1.807) is 24.1 Å². The summed E-state index contributed by atoms with van der Waals surface area (Å²) in [6, 6.07) is 8.84. The average Bonchev–Trinajstić information content (AvgIpc) is 3.10. The van der Waals surface area contributed by atoms with Crippen LogP contribution in [0.25, 0.3) is 0 Å². The summed E-state index contributed by atoms with van der Waals surface area (Å²) >= 11 is 0. The van der Waals surface area contributed by atoms with E-state index < -0.39 is 5.97 Å². The van der Waals surface area contributed by atoms with Gasteiger partial charge in [-0.2, -0.15) is 0 Å². The fourth-order valence-corrected chi connectivity index (χ4v) is 2.12. The summed E-state index contributed by atoms with van der Waals surface area (Å²) in [7, 11) is 2.87. The number of ether oxygens (including phenoxy) is 2. The van der Waals surface area contributed by atoms with E-state index in [4.69, 9.17) is 9.15 Å². The van der Waals surface area contributed by atoms with Crippen molar-refractivity contribution in [3.05, 3.63) is 48.2 Å². The van der Waals surface area contributed by atoms with Gasteiger partial charge < -0.3 is 24.1 Å². The van der Waals surface area contributed by atoms with Crippen LogP contribution in [0.3, 0.4) is 0 Å². The molecule has 8 heteroatoms. The molecule has 0 fully saturated rings. The first-order valence-corrected chi connectivity index (χ1v) is 7.76. The molecule has 25 heavy (non-hydrogen) atoms. The third-order valence-electron chi connectivity index (χ3n) is 3.36. The highest BCUT2D eigenvalue weighted by molar-refractivity contribution is 5.89. The molecule has 1 N–H and O–H groups in total. The number of carbonyl (C=O) groups excluding carboxylic acids is 2. The van der Waals surface area contributed by atoms with Crippen LogP contribution in [0, 0.1) is 0 Å². The third kappa shape index (κ3) is 5.61. The van der Waals surface area contributed by atoms with E-state index in [-0.39, 0.29) is 24.2 Å². The van der Waals surface area contributed by atoms with Gasteiger partial charge in [-0.3, -0.25) is 0 Å². The topological polar surface area (TPSA) is 93.9 Å². The lowest BCUT2D eigenvalue weighted by Gasteiger charge is -2.21. The van der Waals surface area contributed by atoms with Crippen molar-refractivity contribution in [3.63, 3.8) is 0 Å². The molecule has 134 valence electrons. The normalized spacial score (nSPS) is 10.3. The number of benzene rings is 1. The van der Waals surface area contributed by atoms with Crippen molar-refractivity contribution < 1.29 is 23.5 Å². The number of para-hydroxylation sites is 1. The largest absolute Gasteiger partial charge is 0.464 e. The minimum Gasteiger partial charge on any atom is -0.464 e. The molecule has 2 aromatic rings. The number of hydrogen-bond donors (Lipinski definition) is 1. The molecule has 0 saturated carbocycles. The molecular weight excluding hydrogens is 326 g/mol. The van der Waals surface area contributed by atoms with Crippen molar-refractivity contribution in [1.29, 1.82) is 0 Å². The van der Waals surface area contributed by atoms with Gasteiger partial charge in [0.15, 0.2) is 5.69 Å². The number of anilines is 1. The SMILES string of the molecule is COCCCN(Cc1nc(C(=O)OC)co1)C(=O)Nc1ccccc1. The summed E-state index contributed by atoms with van der Waals surface area (Å²) in [5.74, 6) is -0.337. The molecule has 0 aliphatic rings. The standard InChI is InChI=1S/C17H21N3O5/c1-23-10-6-9-20(17(22)18-13-7-4-3-5-8-13)11-15-19-14(12-25-15)16(21)24-2/h3-5,7-8,12H,6,9-11H2,1-2H3,(H,18,22). The van der Waals surface area contributed by atoms with Crippen molar-refractivity contribution in [2.45, 2.75) is 13.0 Å². The van der Waals surface area contributed by atoms with Crippen LogP contribution in [0.2, 0.25) is 0 Å². The summed E-state index contributed by atoms with van der Waals surface area (Å²) in [6.07, 6.45) is 1.87. The van der Waals surface area contributed by atoms with Gasteiger partial charge >= 0.3 is 12.0 Å². The van der Waals surface area contributed by atoms with E-state index >= 15 is 0 Å². The number of urea groups is 1. The van der Waals surface area contributed by atoms with Crippen LogP contribution >= 0.6 is 0 Å². The second-order valence-electron chi connectivity index (χ2n) is 5.18. The first-order chi connectivity index (χ1) is 12.1. The Morgan fingerprint density at radius 2 is 2.00 bits per heavy atom. The molecule has 2 amide bonds. The Morgan fingerprint density at radius 1 is 1.24 bits per heavy atom. The van der Waals surface area contributed by atoms with Crippen molar-refractivity contribution in [2.24, 2.45) is 0 Å². The lowest BCUT2D eigenvalue weighted by Crippen LogP contribution is -2.35. The number of carbonyl (C=O) groups is 2. The Labute approximate surface area is 145 Å². The van der Waals surface area contributed by atoms with E-state index in [2.05, 4.69) is 15.0 Å².